The van der Waals surface area contributed by atoms with Crippen LogP contribution in [0.2, 0.25) is 5.15 Å². The maximum atomic E-state index is 13.3. The number of hydrogen-bond donors (Lipinski definition) is 0. The van der Waals surface area contributed by atoms with Crippen LogP contribution in [0.1, 0.15) is 27.3 Å². The number of carbonyl (C=O) groups excluding carboxylic acids is 1. The molecule has 0 saturated carbocycles. The van der Waals surface area contributed by atoms with Crippen molar-refractivity contribution in [1.29, 1.82) is 5.26 Å². The van der Waals surface area contributed by atoms with Crippen LogP contribution >= 0.6 is 11.6 Å². The summed E-state index contributed by atoms with van der Waals surface area (Å²) in [6, 6.07) is 15.4. The van der Waals surface area contributed by atoms with Gasteiger partial charge in [0.2, 0.25) is 11.6 Å². The predicted molar refractivity (Wildman–Crippen MR) is 125 cm³/mol. The fourth-order valence-corrected chi connectivity index (χ4v) is 4.35. The number of amides is 1. The molecule has 0 radical (unpaired) electrons. The van der Waals surface area contributed by atoms with Crippen LogP contribution in [0.4, 0.5) is 5.88 Å². The number of benzene rings is 1. The summed E-state index contributed by atoms with van der Waals surface area (Å²) in [5.41, 5.74) is 2.25. The molecule has 3 aromatic heterocycles. The Bertz CT molecular complexity index is 1350. The van der Waals surface area contributed by atoms with Crippen molar-refractivity contribution in [3.8, 4) is 17.7 Å². The zero-order valence-electron chi connectivity index (χ0n) is 18.4. The third kappa shape index (κ3) is 4.04. The molecule has 9 nitrogen and oxygen atoms in total. The van der Waals surface area contributed by atoms with Gasteiger partial charge >= 0.3 is 0 Å². The third-order valence-electron chi connectivity index (χ3n) is 5.76. The summed E-state index contributed by atoms with van der Waals surface area (Å²) in [5.74, 6) is 0.930. The minimum Gasteiger partial charge on any atom is -0.459 e. The number of aryl methyl sites for hydroxylation is 1. The number of halogens is 1. The molecule has 1 aliphatic heterocycles. The highest BCUT2D eigenvalue weighted by Crippen LogP contribution is 2.30. The van der Waals surface area contributed by atoms with Crippen LogP contribution in [0.5, 0.6) is 0 Å². The lowest BCUT2D eigenvalue weighted by atomic mass is 10.2. The van der Waals surface area contributed by atoms with Crippen molar-refractivity contribution in [2.45, 2.75) is 13.5 Å². The highest BCUT2D eigenvalue weighted by molar-refractivity contribution is 6.33. The second-order valence-electron chi connectivity index (χ2n) is 7.94. The molecular formula is C24H21ClN6O3. The molecule has 0 aliphatic carbocycles. The van der Waals surface area contributed by atoms with Crippen LogP contribution in [0.25, 0.3) is 11.7 Å². The van der Waals surface area contributed by atoms with Gasteiger partial charge in [0.25, 0.3) is 11.8 Å². The molecule has 5 rings (SSSR count). The van der Waals surface area contributed by atoms with Crippen molar-refractivity contribution in [3.05, 3.63) is 76.4 Å². The molecule has 1 amide bonds. The van der Waals surface area contributed by atoms with Crippen LogP contribution in [0.3, 0.4) is 0 Å². The highest BCUT2D eigenvalue weighted by atomic mass is 35.5. The largest absolute Gasteiger partial charge is 0.459 e. The van der Waals surface area contributed by atoms with E-state index in [4.69, 9.17) is 20.4 Å². The molecule has 1 fully saturated rings. The van der Waals surface area contributed by atoms with E-state index in [1.165, 1.54) is 6.26 Å². The predicted octanol–water partition coefficient (Wildman–Crippen LogP) is 3.98. The number of anilines is 1. The van der Waals surface area contributed by atoms with Gasteiger partial charge in [-0.3, -0.25) is 4.79 Å². The molecule has 1 aromatic carbocycles. The number of furan rings is 1. The Morgan fingerprint density at radius 1 is 1.15 bits per heavy atom. The van der Waals surface area contributed by atoms with Gasteiger partial charge in [0.15, 0.2) is 5.76 Å². The molecule has 10 heteroatoms. The highest BCUT2D eigenvalue weighted by Gasteiger charge is 2.30. The molecule has 0 N–H and O–H groups in total. The molecule has 1 saturated heterocycles. The maximum absolute atomic E-state index is 13.3. The number of nitrogens with zero attached hydrogens (tertiary/aromatic N) is 6. The lowest BCUT2D eigenvalue weighted by molar-refractivity contribution is 0.0744. The number of piperazine rings is 1. The number of aromatic nitrogens is 3. The first-order chi connectivity index (χ1) is 16.5. The molecule has 0 bridgehead atoms. The van der Waals surface area contributed by atoms with Gasteiger partial charge in [0, 0.05) is 26.2 Å². The van der Waals surface area contributed by atoms with Crippen molar-refractivity contribution in [3.63, 3.8) is 0 Å². The zero-order valence-corrected chi connectivity index (χ0v) is 19.2. The molecule has 0 spiro atoms. The summed E-state index contributed by atoms with van der Waals surface area (Å²) in [6.45, 7) is 4.15. The molecule has 34 heavy (non-hydrogen) atoms. The third-order valence-corrected chi connectivity index (χ3v) is 6.14. The van der Waals surface area contributed by atoms with E-state index in [0.717, 1.165) is 5.56 Å². The van der Waals surface area contributed by atoms with E-state index < -0.39 is 0 Å². The Morgan fingerprint density at radius 3 is 2.59 bits per heavy atom. The average Bonchev–Trinajstić information content (AvgIpc) is 3.59. The Morgan fingerprint density at radius 2 is 1.91 bits per heavy atom. The summed E-state index contributed by atoms with van der Waals surface area (Å²) in [7, 11) is 0. The SMILES string of the molecule is Cc1nn(Cc2ccccc2)c(Cl)c1C(=O)N1CCN(c2oc(-c3ccco3)nc2C#N)CC1. The molecular weight excluding hydrogens is 456 g/mol. The summed E-state index contributed by atoms with van der Waals surface area (Å²) < 4.78 is 12.8. The molecule has 4 aromatic rings. The Kier molecular flexibility index (Phi) is 5.82. The van der Waals surface area contributed by atoms with Gasteiger partial charge in [-0.05, 0) is 24.6 Å². The fraction of sp³-hybridized carbons (Fsp3) is 0.250. The van der Waals surface area contributed by atoms with Crippen LogP contribution in [-0.4, -0.2) is 51.8 Å². The number of hydrogen-bond acceptors (Lipinski definition) is 7. The van der Waals surface area contributed by atoms with Crippen molar-refractivity contribution >= 4 is 23.4 Å². The van der Waals surface area contributed by atoms with Gasteiger partial charge in [-0.15, -0.1) is 0 Å². The smallest absolute Gasteiger partial charge is 0.266 e. The van der Waals surface area contributed by atoms with Gasteiger partial charge < -0.3 is 18.6 Å². The quantitative estimate of drug-likeness (QED) is 0.429. The second-order valence-corrected chi connectivity index (χ2v) is 8.29. The summed E-state index contributed by atoms with van der Waals surface area (Å²) in [6.07, 6.45) is 1.52. The number of rotatable bonds is 5. The second kappa shape index (κ2) is 9.08. The lowest BCUT2D eigenvalue weighted by Gasteiger charge is -2.34. The molecule has 0 unspecified atom stereocenters. The minimum absolute atomic E-state index is 0.157. The minimum atomic E-state index is -0.157. The van der Waals surface area contributed by atoms with E-state index in [1.807, 2.05) is 35.2 Å². The van der Waals surface area contributed by atoms with Crippen molar-refractivity contribution in [1.82, 2.24) is 19.7 Å². The number of oxazole rings is 1. The number of carbonyl (C=O) groups is 1. The van der Waals surface area contributed by atoms with Gasteiger partial charge in [-0.2, -0.15) is 15.3 Å². The topological polar surface area (TPSA) is 104 Å². The van der Waals surface area contributed by atoms with Crippen LogP contribution in [0.15, 0.2) is 57.6 Å². The molecule has 172 valence electrons. The standard InChI is InChI=1S/C24H21ClN6O3/c1-16-20(21(25)31(28-16)15-17-6-3-2-4-7-17)23(32)29-9-11-30(12-10-29)24-18(14-26)27-22(34-24)19-8-5-13-33-19/h2-8,13H,9-12,15H2,1H3. The maximum Gasteiger partial charge on any atom is 0.266 e. The summed E-state index contributed by atoms with van der Waals surface area (Å²) >= 11 is 6.58. The Labute approximate surface area is 200 Å². The van der Waals surface area contributed by atoms with Gasteiger partial charge in [0.1, 0.15) is 11.2 Å². The van der Waals surface area contributed by atoms with E-state index in [0.29, 0.717) is 60.8 Å². The van der Waals surface area contributed by atoms with Crippen LogP contribution < -0.4 is 4.90 Å². The first kappa shape index (κ1) is 21.8. The first-order valence-corrected chi connectivity index (χ1v) is 11.2. The monoisotopic (exact) mass is 476 g/mol. The summed E-state index contributed by atoms with van der Waals surface area (Å²) in [5, 5.41) is 14.3. The fourth-order valence-electron chi connectivity index (χ4n) is 4.03. The van der Waals surface area contributed by atoms with Crippen LogP contribution in [-0.2, 0) is 6.54 Å². The Hall–Kier alpha value is -4.03. The van der Waals surface area contributed by atoms with Crippen molar-refractivity contribution < 1.29 is 13.6 Å². The lowest BCUT2D eigenvalue weighted by Crippen LogP contribution is -2.49. The van der Waals surface area contributed by atoms with E-state index in [2.05, 4.69) is 16.2 Å². The average molecular weight is 477 g/mol. The van der Waals surface area contributed by atoms with Crippen LogP contribution in [0, 0.1) is 18.3 Å². The summed E-state index contributed by atoms with van der Waals surface area (Å²) in [4.78, 5) is 21.2. The molecule has 0 atom stereocenters. The van der Waals surface area contributed by atoms with E-state index in [-0.39, 0.29) is 17.5 Å². The normalized spacial score (nSPS) is 13.8. The molecule has 1 aliphatic rings. The zero-order chi connectivity index (χ0) is 23.7. The van der Waals surface area contributed by atoms with Gasteiger partial charge in [-0.1, -0.05) is 41.9 Å². The first-order valence-electron chi connectivity index (χ1n) is 10.8. The van der Waals surface area contributed by atoms with Gasteiger partial charge in [-0.25, -0.2) is 4.68 Å². The number of nitriles is 1. The van der Waals surface area contributed by atoms with Crippen molar-refractivity contribution in [2.75, 3.05) is 31.1 Å². The van der Waals surface area contributed by atoms with Crippen molar-refractivity contribution in [2.24, 2.45) is 0 Å². The Balaban J connectivity index is 1.29. The van der Waals surface area contributed by atoms with E-state index >= 15 is 0 Å². The van der Waals surface area contributed by atoms with Gasteiger partial charge in [0.05, 0.1) is 24.1 Å². The van der Waals surface area contributed by atoms with E-state index in [1.54, 1.807) is 28.6 Å². The van der Waals surface area contributed by atoms with E-state index in [9.17, 15) is 10.1 Å². The molecule has 4 heterocycles.